The van der Waals surface area contributed by atoms with Gasteiger partial charge < -0.3 is 9.26 Å². The van der Waals surface area contributed by atoms with E-state index in [1.54, 1.807) is 25.5 Å². The molecule has 2 aromatic carbocycles. The van der Waals surface area contributed by atoms with Gasteiger partial charge in [0.1, 0.15) is 6.10 Å². The molecule has 0 bridgehead atoms. The average molecular weight is 416 g/mol. The van der Waals surface area contributed by atoms with E-state index in [-0.39, 0.29) is 6.10 Å². The molecule has 3 aromatic rings. The molecule has 0 amide bonds. The fraction of sp³-hybridized carbons (Fsp3) is 0.190. The number of rotatable bonds is 6. The molecule has 1 aromatic heterocycles. The summed E-state index contributed by atoms with van der Waals surface area (Å²) in [6, 6.07) is 14.9. The maximum atomic E-state index is 6.23. The number of nitrogens with zero attached hydrogens (tertiary/aromatic N) is 3. The largest absolute Gasteiger partial charge is 0.369 e. The molecule has 0 N–H and O–H groups in total. The lowest BCUT2D eigenvalue weighted by Gasteiger charge is -2.14. The van der Waals surface area contributed by atoms with Gasteiger partial charge in [0.05, 0.1) is 22.6 Å². The Balaban J connectivity index is 1.88. The monoisotopic (exact) mass is 415 g/mol. The fourth-order valence-corrected chi connectivity index (χ4v) is 3.33. The minimum atomic E-state index is -0.389. The van der Waals surface area contributed by atoms with E-state index < -0.39 is 0 Å². The van der Waals surface area contributed by atoms with Gasteiger partial charge in [0.25, 0.3) is 0 Å². The maximum absolute atomic E-state index is 6.23. The van der Waals surface area contributed by atoms with Crippen molar-refractivity contribution in [2.45, 2.75) is 20.0 Å². The summed E-state index contributed by atoms with van der Waals surface area (Å²) in [6.45, 7) is 3.71. The van der Waals surface area contributed by atoms with Crippen LogP contribution in [0.15, 0.2) is 63.3 Å². The van der Waals surface area contributed by atoms with E-state index in [1.807, 2.05) is 50.2 Å². The first-order valence-corrected chi connectivity index (χ1v) is 9.33. The Morgan fingerprint density at radius 1 is 1.18 bits per heavy atom. The van der Waals surface area contributed by atoms with E-state index in [1.165, 1.54) is 0 Å². The lowest BCUT2D eigenvalue weighted by molar-refractivity contribution is 0.109. The van der Waals surface area contributed by atoms with E-state index in [4.69, 9.17) is 32.5 Å². The Hall–Kier alpha value is -2.47. The van der Waals surface area contributed by atoms with Gasteiger partial charge in [0.15, 0.2) is 5.76 Å². The number of hydrogen-bond acceptors (Lipinski definition) is 5. The molecular weight excluding hydrogens is 397 g/mol. The average Bonchev–Trinajstić information content (AvgIpc) is 3.09. The van der Waals surface area contributed by atoms with Crippen LogP contribution in [-0.4, -0.2) is 24.2 Å². The molecule has 3 rings (SSSR count). The second-order valence-corrected chi connectivity index (χ2v) is 7.01. The Kier molecular flexibility index (Phi) is 6.62. The molecule has 0 saturated heterocycles. The Morgan fingerprint density at radius 2 is 1.96 bits per heavy atom. The lowest BCUT2D eigenvalue weighted by atomic mass is 10.0. The molecule has 1 atom stereocenters. The number of hydrogen-bond donors (Lipinski definition) is 0. The van der Waals surface area contributed by atoms with Crippen molar-refractivity contribution >= 4 is 35.1 Å². The highest BCUT2D eigenvalue weighted by Gasteiger charge is 2.20. The van der Waals surface area contributed by atoms with Crippen LogP contribution in [0.2, 0.25) is 10.0 Å². The standard InChI is InChI=1S/C21H19Cl2N3O2/c1-13-10-20(28-26-13)21(27-3)18-7-5-4-6-15(18)12-24-25-14(2)17-9-8-16(22)11-19(17)23/h4-12,21H,1-3H3/b24-12+,25-14+. The quantitative estimate of drug-likeness (QED) is 0.373. The summed E-state index contributed by atoms with van der Waals surface area (Å²) in [5.74, 6) is 0.633. The summed E-state index contributed by atoms with van der Waals surface area (Å²) < 4.78 is 11.0. The van der Waals surface area contributed by atoms with Crippen LogP contribution in [-0.2, 0) is 4.74 Å². The summed E-state index contributed by atoms with van der Waals surface area (Å²) in [5, 5.41) is 13.5. The van der Waals surface area contributed by atoms with Crippen molar-refractivity contribution in [1.29, 1.82) is 0 Å². The summed E-state index contributed by atoms with van der Waals surface area (Å²) in [4.78, 5) is 0. The van der Waals surface area contributed by atoms with Crippen LogP contribution < -0.4 is 0 Å². The highest BCUT2D eigenvalue weighted by atomic mass is 35.5. The first-order valence-electron chi connectivity index (χ1n) is 8.57. The minimum absolute atomic E-state index is 0.389. The fourth-order valence-electron chi connectivity index (χ4n) is 2.78. The van der Waals surface area contributed by atoms with Crippen molar-refractivity contribution in [3.05, 3.63) is 86.7 Å². The molecule has 0 radical (unpaired) electrons. The van der Waals surface area contributed by atoms with E-state index in [2.05, 4.69) is 15.4 Å². The predicted molar refractivity (Wildman–Crippen MR) is 113 cm³/mol. The molecule has 0 fully saturated rings. The van der Waals surface area contributed by atoms with Gasteiger partial charge >= 0.3 is 0 Å². The molecule has 28 heavy (non-hydrogen) atoms. The molecule has 7 heteroatoms. The zero-order valence-electron chi connectivity index (χ0n) is 15.7. The van der Waals surface area contributed by atoms with Gasteiger partial charge in [-0.1, -0.05) is 58.7 Å². The number of aromatic nitrogens is 1. The van der Waals surface area contributed by atoms with Crippen molar-refractivity contribution < 1.29 is 9.26 Å². The van der Waals surface area contributed by atoms with Gasteiger partial charge in [-0.05, 0) is 31.5 Å². The molecule has 0 spiro atoms. The maximum Gasteiger partial charge on any atom is 0.170 e. The summed E-state index contributed by atoms with van der Waals surface area (Å²) in [5.41, 5.74) is 4.03. The first-order chi connectivity index (χ1) is 13.5. The van der Waals surface area contributed by atoms with Crippen LogP contribution in [0, 0.1) is 6.92 Å². The highest BCUT2D eigenvalue weighted by Crippen LogP contribution is 2.28. The van der Waals surface area contributed by atoms with Crippen LogP contribution in [0.4, 0.5) is 0 Å². The molecule has 144 valence electrons. The Bertz CT molecular complexity index is 1030. The van der Waals surface area contributed by atoms with Gasteiger partial charge in [0, 0.05) is 29.3 Å². The second kappa shape index (κ2) is 9.15. The van der Waals surface area contributed by atoms with Crippen molar-refractivity contribution in [2.24, 2.45) is 10.2 Å². The number of ether oxygens (including phenoxy) is 1. The minimum Gasteiger partial charge on any atom is -0.369 e. The van der Waals surface area contributed by atoms with Crippen LogP contribution >= 0.6 is 23.2 Å². The van der Waals surface area contributed by atoms with Gasteiger partial charge in [-0.2, -0.15) is 10.2 Å². The summed E-state index contributed by atoms with van der Waals surface area (Å²) in [7, 11) is 1.63. The number of benzene rings is 2. The van der Waals surface area contributed by atoms with E-state index in [0.29, 0.717) is 21.5 Å². The van der Waals surface area contributed by atoms with Gasteiger partial charge in [-0.15, -0.1) is 0 Å². The molecule has 1 heterocycles. The zero-order valence-corrected chi connectivity index (χ0v) is 17.2. The van der Waals surface area contributed by atoms with E-state index in [0.717, 1.165) is 22.4 Å². The molecular formula is C21H19Cl2N3O2. The van der Waals surface area contributed by atoms with Crippen molar-refractivity contribution in [1.82, 2.24) is 5.16 Å². The molecule has 1 unspecified atom stereocenters. The van der Waals surface area contributed by atoms with Crippen molar-refractivity contribution in [3.8, 4) is 0 Å². The molecule has 5 nitrogen and oxygen atoms in total. The van der Waals surface area contributed by atoms with Gasteiger partial charge in [-0.3, -0.25) is 0 Å². The van der Waals surface area contributed by atoms with Crippen LogP contribution in [0.25, 0.3) is 0 Å². The van der Waals surface area contributed by atoms with Gasteiger partial charge in [0.2, 0.25) is 0 Å². The summed E-state index contributed by atoms with van der Waals surface area (Å²) >= 11 is 12.2. The van der Waals surface area contributed by atoms with Crippen LogP contribution in [0.1, 0.15) is 41.2 Å². The third-order valence-corrected chi connectivity index (χ3v) is 4.69. The second-order valence-electron chi connectivity index (χ2n) is 6.17. The third kappa shape index (κ3) is 4.68. The topological polar surface area (TPSA) is 60.0 Å². The Morgan fingerprint density at radius 3 is 2.64 bits per heavy atom. The third-order valence-electron chi connectivity index (χ3n) is 4.14. The van der Waals surface area contributed by atoms with Crippen LogP contribution in [0.5, 0.6) is 0 Å². The molecule has 0 aliphatic rings. The van der Waals surface area contributed by atoms with Crippen molar-refractivity contribution in [2.75, 3.05) is 7.11 Å². The predicted octanol–water partition coefficient (Wildman–Crippen LogP) is 5.87. The van der Waals surface area contributed by atoms with Crippen molar-refractivity contribution in [3.63, 3.8) is 0 Å². The normalized spacial score (nSPS) is 13.2. The van der Waals surface area contributed by atoms with E-state index >= 15 is 0 Å². The lowest BCUT2D eigenvalue weighted by Crippen LogP contribution is -2.06. The zero-order chi connectivity index (χ0) is 20.1. The molecule has 0 aliphatic heterocycles. The number of methoxy groups -OCH3 is 1. The molecule has 0 saturated carbocycles. The van der Waals surface area contributed by atoms with Crippen LogP contribution in [0.3, 0.4) is 0 Å². The highest BCUT2D eigenvalue weighted by molar-refractivity contribution is 6.37. The smallest absolute Gasteiger partial charge is 0.170 e. The molecule has 0 aliphatic carbocycles. The van der Waals surface area contributed by atoms with Gasteiger partial charge in [-0.25, -0.2) is 0 Å². The Labute approximate surface area is 173 Å². The first kappa shape index (κ1) is 20.3. The number of aryl methyl sites for hydroxylation is 1. The van der Waals surface area contributed by atoms with E-state index in [9.17, 15) is 0 Å². The summed E-state index contributed by atoms with van der Waals surface area (Å²) in [6.07, 6.45) is 1.29. The SMILES string of the molecule is COC(c1cc(C)no1)c1ccccc1/C=N/N=C(\C)c1ccc(Cl)cc1Cl. The number of halogens is 2.